The van der Waals surface area contributed by atoms with Crippen LogP contribution in [0.25, 0.3) is 0 Å². The number of carboxylic acids is 1. The third kappa shape index (κ3) is 2.98. The molecule has 0 aliphatic carbocycles. The fraction of sp³-hybridized carbons (Fsp3) is 0.308. The van der Waals surface area contributed by atoms with Crippen LogP contribution in [-0.2, 0) is 16.1 Å². The first kappa shape index (κ1) is 14.5. The second kappa shape index (κ2) is 5.62. The Bertz CT molecular complexity index is 588. The van der Waals surface area contributed by atoms with Crippen molar-refractivity contribution in [1.29, 1.82) is 0 Å². The zero-order valence-corrected chi connectivity index (χ0v) is 12.4. The van der Waals surface area contributed by atoms with E-state index in [9.17, 15) is 14.4 Å². The summed E-state index contributed by atoms with van der Waals surface area (Å²) in [4.78, 5) is 37.2. The van der Waals surface area contributed by atoms with Crippen LogP contribution in [0.4, 0.5) is 0 Å². The smallest absolute Gasteiger partial charge is 0.335 e. The number of carbonyl (C=O) groups excluding carboxylic acids is 2. The number of rotatable bonds is 3. The minimum absolute atomic E-state index is 0.0441. The van der Waals surface area contributed by atoms with Crippen LogP contribution in [0.5, 0.6) is 0 Å². The van der Waals surface area contributed by atoms with E-state index in [0.29, 0.717) is 4.47 Å². The number of likely N-dealkylation sites (N-methyl/N-ethyl adjacent to an activating group) is 1. The number of benzene rings is 1. The predicted octanol–water partition coefficient (Wildman–Crippen LogP) is 0.948. The molecule has 0 bridgehead atoms. The van der Waals surface area contributed by atoms with E-state index in [1.165, 1.54) is 21.9 Å². The van der Waals surface area contributed by atoms with Crippen LogP contribution in [0.2, 0.25) is 0 Å². The molecule has 0 spiro atoms. The van der Waals surface area contributed by atoms with Crippen molar-refractivity contribution >= 4 is 33.7 Å². The molecule has 2 amide bonds. The molecule has 1 aromatic carbocycles. The molecule has 0 atom stereocenters. The molecule has 0 saturated carbocycles. The van der Waals surface area contributed by atoms with Gasteiger partial charge >= 0.3 is 5.97 Å². The van der Waals surface area contributed by atoms with Gasteiger partial charge in [0.15, 0.2) is 0 Å². The van der Waals surface area contributed by atoms with Gasteiger partial charge in [-0.15, -0.1) is 0 Å². The van der Waals surface area contributed by atoms with Crippen molar-refractivity contribution in [2.75, 3.05) is 20.1 Å². The van der Waals surface area contributed by atoms with Gasteiger partial charge in [-0.3, -0.25) is 9.59 Å². The molecule has 2 rings (SSSR count). The Kier molecular flexibility index (Phi) is 4.08. The van der Waals surface area contributed by atoms with E-state index in [1.54, 1.807) is 13.1 Å². The summed E-state index contributed by atoms with van der Waals surface area (Å²) in [5.41, 5.74) is 0.933. The summed E-state index contributed by atoms with van der Waals surface area (Å²) in [5.74, 6) is -1.24. The highest BCUT2D eigenvalue weighted by Gasteiger charge is 2.27. The fourth-order valence-corrected chi connectivity index (χ4v) is 2.43. The number of nitrogens with zero attached hydrogens (tertiary/aromatic N) is 2. The van der Waals surface area contributed by atoms with E-state index < -0.39 is 5.97 Å². The summed E-state index contributed by atoms with van der Waals surface area (Å²) < 4.78 is 0.608. The summed E-state index contributed by atoms with van der Waals surface area (Å²) in [6, 6.07) is 4.61. The van der Waals surface area contributed by atoms with Crippen molar-refractivity contribution in [2.24, 2.45) is 0 Å². The molecule has 1 aliphatic heterocycles. The molecule has 20 heavy (non-hydrogen) atoms. The van der Waals surface area contributed by atoms with Gasteiger partial charge in [0, 0.05) is 18.1 Å². The fourth-order valence-electron chi connectivity index (χ4n) is 1.92. The average Bonchev–Trinajstić information content (AvgIpc) is 2.37. The molecule has 1 N–H and O–H groups in total. The molecule has 1 saturated heterocycles. The van der Waals surface area contributed by atoms with Crippen LogP contribution in [0, 0.1) is 0 Å². The van der Waals surface area contributed by atoms with Crippen LogP contribution in [0.1, 0.15) is 15.9 Å². The maximum absolute atomic E-state index is 11.9. The number of amides is 2. The van der Waals surface area contributed by atoms with E-state index in [-0.39, 0.29) is 37.0 Å². The molecular weight excluding hydrogens is 328 g/mol. The van der Waals surface area contributed by atoms with Crippen molar-refractivity contribution in [3.63, 3.8) is 0 Å². The molecule has 1 fully saturated rings. The van der Waals surface area contributed by atoms with E-state index in [1.807, 2.05) is 0 Å². The molecule has 7 heteroatoms. The first-order chi connectivity index (χ1) is 9.38. The lowest BCUT2D eigenvalue weighted by Crippen LogP contribution is -2.51. The zero-order chi connectivity index (χ0) is 14.9. The quantitative estimate of drug-likeness (QED) is 0.888. The number of aromatic carboxylic acids is 1. The van der Waals surface area contributed by atoms with Crippen LogP contribution in [0.15, 0.2) is 22.7 Å². The van der Waals surface area contributed by atoms with Crippen LogP contribution >= 0.6 is 15.9 Å². The van der Waals surface area contributed by atoms with Gasteiger partial charge in [-0.05, 0) is 17.7 Å². The number of hydrogen-bond acceptors (Lipinski definition) is 3. The maximum Gasteiger partial charge on any atom is 0.335 e. The summed E-state index contributed by atoms with van der Waals surface area (Å²) in [6.45, 7) is 0.394. The van der Waals surface area contributed by atoms with Crippen molar-refractivity contribution in [3.8, 4) is 0 Å². The van der Waals surface area contributed by atoms with Gasteiger partial charge in [0.25, 0.3) is 0 Å². The maximum atomic E-state index is 11.9. The highest BCUT2D eigenvalue weighted by atomic mass is 79.9. The first-order valence-corrected chi connectivity index (χ1v) is 6.71. The largest absolute Gasteiger partial charge is 0.478 e. The molecule has 106 valence electrons. The minimum atomic E-state index is -1.01. The summed E-state index contributed by atoms with van der Waals surface area (Å²) in [7, 11) is 1.59. The second-order valence-electron chi connectivity index (χ2n) is 4.61. The molecular formula is C13H13BrN2O4. The van der Waals surface area contributed by atoms with E-state index in [2.05, 4.69) is 15.9 Å². The molecule has 0 radical (unpaired) electrons. The number of carbonyl (C=O) groups is 3. The predicted molar refractivity (Wildman–Crippen MR) is 74.2 cm³/mol. The Labute approximate surface area is 124 Å². The zero-order valence-electron chi connectivity index (χ0n) is 10.8. The van der Waals surface area contributed by atoms with Crippen molar-refractivity contribution in [3.05, 3.63) is 33.8 Å². The molecule has 6 nitrogen and oxygen atoms in total. The van der Waals surface area contributed by atoms with Gasteiger partial charge in [0.2, 0.25) is 11.8 Å². The van der Waals surface area contributed by atoms with E-state index >= 15 is 0 Å². The molecule has 1 aromatic rings. The van der Waals surface area contributed by atoms with Crippen molar-refractivity contribution < 1.29 is 19.5 Å². The lowest BCUT2D eigenvalue weighted by Gasteiger charge is -2.31. The summed E-state index contributed by atoms with van der Waals surface area (Å²) >= 11 is 3.29. The van der Waals surface area contributed by atoms with Gasteiger partial charge in [-0.25, -0.2) is 4.79 Å². The van der Waals surface area contributed by atoms with Gasteiger partial charge in [-0.1, -0.05) is 22.0 Å². The average molecular weight is 341 g/mol. The minimum Gasteiger partial charge on any atom is -0.478 e. The van der Waals surface area contributed by atoms with Gasteiger partial charge in [-0.2, -0.15) is 0 Å². The molecule has 0 unspecified atom stereocenters. The van der Waals surface area contributed by atoms with Crippen LogP contribution in [0.3, 0.4) is 0 Å². The third-order valence-corrected chi connectivity index (χ3v) is 3.88. The monoisotopic (exact) mass is 340 g/mol. The van der Waals surface area contributed by atoms with Crippen molar-refractivity contribution in [2.45, 2.75) is 6.54 Å². The van der Waals surface area contributed by atoms with E-state index in [4.69, 9.17) is 5.11 Å². The normalized spacial score (nSPS) is 15.7. The summed E-state index contributed by atoms with van der Waals surface area (Å²) in [5, 5.41) is 8.89. The number of carboxylic acid groups (broad SMARTS) is 1. The van der Waals surface area contributed by atoms with Gasteiger partial charge < -0.3 is 14.9 Å². The number of hydrogen-bond donors (Lipinski definition) is 1. The Balaban J connectivity index is 2.16. The van der Waals surface area contributed by atoms with Gasteiger partial charge in [0.05, 0.1) is 12.1 Å². The topological polar surface area (TPSA) is 77.9 Å². The van der Waals surface area contributed by atoms with Gasteiger partial charge in [0.1, 0.15) is 6.54 Å². The third-order valence-electron chi connectivity index (χ3n) is 3.14. The summed E-state index contributed by atoms with van der Waals surface area (Å²) in [6.07, 6.45) is 0. The number of halogens is 1. The lowest BCUT2D eigenvalue weighted by molar-refractivity contribution is -0.149. The van der Waals surface area contributed by atoms with Crippen LogP contribution < -0.4 is 0 Å². The Morgan fingerprint density at radius 3 is 2.60 bits per heavy atom. The Morgan fingerprint density at radius 1 is 1.30 bits per heavy atom. The second-order valence-corrected chi connectivity index (χ2v) is 5.47. The lowest BCUT2D eigenvalue weighted by atomic mass is 10.1. The Hall–Kier alpha value is -1.89. The molecule has 1 heterocycles. The Morgan fingerprint density at radius 2 is 2.00 bits per heavy atom. The highest BCUT2D eigenvalue weighted by Crippen LogP contribution is 2.21. The van der Waals surface area contributed by atoms with Crippen molar-refractivity contribution in [1.82, 2.24) is 9.80 Å². The number of piperazine rings is 1. The standard InChI is InChI=1S/C13H13BrN2O4/c1-15-6-12(18)16(7-11(15)17)5-9-3-2-8(13(19)20)4-10(9)14/h2-4H,5-7H2,1H3,(H,19,20). The highest BCUT2D eigenvalue weighted by molar-refractivity contribution is 9.10. The SMILES string of the molecule is CN1CC(=O)N(Cc2ccc(C(=O)O)cc2Br)CC1=O. The van der Waals surface area contributed by atoms with Crippen LogP contribution in [-0.4, -0.2) is 52.8 Å². The van der Waals surface area contributed by atoms with E-state index in [0.717, 1.165) is 5.56 Å². The molecule has 1 aliphatic rings. The first-order valence-electron chi connectivity index (χ1n) is 5.92. The molecule has 0 aromatic heterocycles.